The van der Waals surface area contributed by atoms with Gasteiger partial charge in [0, 0.05) is 11.9 Å². The first-order valence-electron chi connectivity index (χ1n) is 5.39. The molecular formula is C10H21ClN2. The van der Waals surface area contributed by atoms with Crippen molar-refractivity contribution in [2.75, 3.05) is 5.88 Å². The first kappa shape index (κ1) is 11.3. The van der Waals surface area contributed by atoms with E-state index in [0.29, 0.717) is 6.04 Å². The van der Waals surface area contributed by atoms with Gasteiger partial charge in [0.05, 0.1) is 0 Å². The van der Waals surface area contributed by atoms with Crippen molar-refractivity contribution in [3.8, 4) is 0 Å². The van der Waals surface area contributed by atoms with E-state index in [2.05, 4.69) is 5.43 Å². The van der Waals surface area contributed by atoms with Crippen LogP contribution in [-0.2, 0) is 0 Å². The average Bonchev–Trinajstić information content (AvgIpc) is 2.64. The summed E-state index contributed by atoms with van der Waals surface area (Å²) < 4.78 is 0. The summed E-state index contributed by atoms with van der Waals surface area (Å²) in [5.41, 5.74) is 2.91. The molecule has 0 radical (unpaired) electrons. The number of rotatable bonds is 6. The van der Waals surface area contributed by atoms with E-state index in [0.717, 1.165) is 24.6 Å². The molecule has 0 heterocycles. The maximum atomic E-state index is 5.65. The Bertz CT molecular complexity index is 124. The Kier molecular flexibility index (Phi) is 5.76. The third-order valence-corrected chi connectivity index (χ3v) is 3.28. The summed E-state index contributed by atoms with van der Waals surface area (Å²) in [6, 6.07) is 0.488. The Hall–Kier alpha value is 0.210. The minimum absolute atomic E-state index is 0.488. The lowest BCUT2D eigenvalue weighted by Crippen LogP contribution is -2.36. The summed E-state index contributed by atoms with van der Waals surface area (Å²) in [7, 11) is 0. The molecule has 1 fully saturated rings. The van der Waals surface area contributed by atoms with Gasteiger partial charge in [0.25, 0.3) is 0 Å². The first-order chi connectivity index (χ1) is 6.36. The normalized spacial score (nSPS) is 20.8. The van der Waals surface area contributed by atoms with Crippen molar-refractivity contribution in [1.29, 1.82) is 0 Å². The van der Waals surface area contributed by atoms with Crippen LogP contribution < -0.4 is 11.3 Å². The van der Waals surface area contributed by atoms with E-state index in [9.17, 15) is 0 Å². The second kappa shape index (κ2) is 6.63. The van der Waals surface area contributed by atoms with Gasteiger partial charge in [0.2, 0.25) is 0 Å². The van der Waals surface area contributed by atoms with Gasteiger partial charge < -0.3 is 0 Å². The lowest BCUT2D eigenvalue weighted by molar-refractivity contribution is 0.373. The van der Waals surface area contributed by atoms with E-state index in [1.165, 1.54) is 32.1 Å². The predicted molar refractivity (Wildman–Crippen MR) is 57.6 cm³/mol. The molecule has 0 saturated heterocycles. The van der Waals surface area contributed by atoms with Crippen molar-refractivity contribution >= 4 is 11.6 Å². The maximum Gasteiger partial charge on any atom is 0.0224 e. The molecule has 0 amide bonds. The summed E-state index contributed by atoms with van der Waals surface area (Å²) in [5, 5.41) is 0. The van der Waals surface area contributed by atoms with Gasteiger partial charge in [-0.1, -0.05) is 25.7 Å². The van der Waals surface area contributed by atoms with Crippen molar-refractivity contribution in [1.82, 2.24) is 5.43 Å². The standard InChI is InChI=1S/C10H21ClN2/c11-7-3-6-10(13-12)8-9-4-1-2-5-9/h9-10,13H,1-8,12H2. The van der Waals surface area contributed by atoms with Crippen LogP contribution >= 0.6 is 11.6 Å². The van der Waals surface area contributed by atoms with Gasteiger partial charge in [-0.15, -0.1) is 11.6 Å². The molecule has 1 rings (SSSR count). The molecule has 3 heteroatoms. The maximum absolute atomic E-state index is 5.65. The Morgan fingerprint density at radius 2 is 2.08 bits per heavy atom. The van der Waals surface area contributed by atoms with Crippen LogP contribution in [-0.4, -0.2) is 11.9 Å². The Morgan fingerprint density at radius 3 is 2.62 bits per heavy atom. The number of hydrazine groups is 1. The van der Waals surface area contributed by atoms with E-state index in [1.807, 2.05) is 0 Å². The van der Waals surface area contributed by atoms with Crippen LogP contribution in [0.2, 0.25) is 0 Å². The van der Waals surface area contributed by atoms with Crippen molar-refractivity contribution in [3.05, 3.63) is 0 Å². The second-order valence-corrected chi connectivity index (χ2v) is 4.46. The molecule has 1 aliphatic carbocycles. The zero-order valence-electron chi connectivity index (χ0n) is 8.27. The van der Waals surface area contributed by atoms with E-state index < -0.39 is 0 Å². The largest absolute Gasteiger partial charge is 0.271 e. The summed E-state index contributed by atoms with van der Waals surface area (Å²) >= 11 is 5.65. The van der Waals surface area contributed by atoms with Crippen LogP contribution in [0.25, 0.3) is 0 Å². The first-order valence-corrected chi connectivity index (χ1v) is 5.92. The molecule has 1 unspecified atom stereocenters. The minimum atomic E-state index is 0.488. The molecule has 0 aromatic heterocycles. The van der Waals surface area contributed by atoms with E-state index >= 15 is 0 Å². The van der Waals surface area contributed by atoms with Gasteiger partial charge in [0.15, 0.2) is 0 Å². The minimum Gasteiger partial charge on any atom is -0.271 e. The van der Waals surface area contributed by atoms with Crippen LogP contribution in [0.4, 0.5) is 0 Å². The van der Waals surface area contributed by atoms with Crippen molar-refractivity contribution in [2.45, 2.75) is 51.0 Å². The average molecular weight is 205 g/mol. The Balaban J connectivity index is 2.13. The third-order valence-electron chi connectivity index (χ3n) is 3.01. The SMILES string of the molecule is NNC(CCCCl)CC1CCCC1. The molecule has 0 spiro atoms. The number of nitrogens with one attached hydrogen (secondary N) is 1. The van der Waals surface area contributed by atoms with Gasteiger partial charge in [-0.25, -0.2) is 0 Å². The number of hydrogen-bond acceptors (Lipinski definition) is 2. The van der Waals surface area contributed by atoms with Gasteiger partial charge in [-0.3, -0.25) is 11.3 Å². The van der Waals surface area contributed by atoms with Gasteiger partial charge in [0.1, 0.15) is 0 Å². The van der Waals surface area contributed by atoms with Crippen molar-refractivity contribution in [2.24, 2.45) is 11.8 Å². The molecule has 3 N–H and O–H groups in total. The summed E-state index contributed by atoms with van der Waals surface area (Å²) in [4.78, 5) is 0. The Labute approximate surface area is 86.2 Å². The zero-order valence-corrected chi connectivity index (χ0v) is 9.02. The highest BCUT2D eigenvalue weighted by Gasteiger charge is 2.18. The molecule has 0 aliphatic heterocycles. The zero-order chi connectivity index (χ0) is 9.52. The highest BCUT2D eigenvalue weighted by atomic mass is 35.5. The summed E-state index contributed by atoms with van der Waals surface area (Å²) in [6.45, 7) is 0. The molecule has 0 bridgehead atoms. The van der Waals surface area contributed by atoms with Crippen LogP contribution in [0.15, 0.2) is 0 Å². The molecule has 13 heavy (non-hydrogen) atoms. The predicted octanol–water partition coefficient (Wildman–Crippen LogP) is 2.42. The van der Waals surface area contributed by atoms with Crippen molar-refractivity contribution in [3.63, 3.8) is 0 Å². The highest BCUT2D eigenvalue weighted by Crippen LogP contribution is 2.29. The molecular weight excluding hydrogens is 184 g/mol. The fourth-order valence-corrected chi connectivity index (χ4v) is 2.40. The molecule has 1 atom stereocenters. The number of nitrogens with two attached hydrogens (primary N) is 1. The molecule has 1 saturated carbocycles. The topological polar surface area (TPSA) is 38.0 Å². The molecule has 78 valence electrons. The van der Waals surface area contributed by atoms with E-state index in [-0.39, 0.29) is 0 Å². The molecule has 0 aromatic rings. The fraction of sp³-hybridized carbons (Fsp3) is 1.00. The Morgan fingerprint density at radius 1 is 1.38 bits per heavy atom. The fourth-order valence-electron chi connectivity index (χ4n) is 2.24. The van der Waals surface area contributed by atoms with Crippen molar-refractivity contribution < 1.29 is 0 Å². The van der Waals surface area contributed by atoms with Crippen LogP contribution in [0.1, 0.15) is 44.9 Å². The van der Waals surface area contributed by atoms with Gasteiger partial charge >= 0.3 is 0 Å². The van der Waals surface area contributed by atoms with Crippen LogP contribution in [0, 0.1) is 5.92 Å². The third kappa shape index (κ3) is 4.30. The molecule has 2 nitrogen and oxygen atoms in total. The van der Waals surface area contributed by atoms with Crippen LogP contribution in [0.3, 0.4) is 0 Å². The monoisotopic (exact) mass is 204 g/mol. The summed E-state index contributed by atoms with van der Waals surface area (Å²) in [6.07, 6.45) is 9.07. The lowest BCUT2D eigenvalue weighted by Gasteiger charge is -2.19. The second-order valence-electron chi connectivity index (χ2n) is 4.08. The highest BCUT2D eigenvalue weighted by molar-refractivity contribution is 6.17. The van der Waals surface area contributed by atoms with E-state index in [4.69, 9.17) is 17.4 Å². The van der Waals surface area contributed by atoms with Gasteiger partial charge in [-0.2, -0.15) is 0 Å². The molecule has 0 aromatic carbocycles. The summed E-state index contributed by atoms with van der Waals surface area (Å²) in [5.74, 6) is 7.16. The lowest BCUT2D eigenvalue weighted by atomic mass is 9.96. The number of alkyl halides is 1. The van der Waals surface area contributed by atoms with Gasteiger partial charge in [-0.05, 0) is 25.2 Å². The van der Waals surface area contributed by atoms with E-state index in [1.54, 1.807) is 0 Å². The molecule has 1 aliphatic rings. The van der Waals surface area contributed by atoms with Crippen LogP contribution in [0.5, 0.6) is 0 Å². The number of halogens is 1. The number of hydrogen-bond donors (Lipinski definition) is 2. The smallest absolute Gasteiger partial charge is 0.0224 e. The quantitative estimate of drug-likeness (QED) is 0.396.